The van der Waals surface area contributed by atoms with Crippen molar-refractivity contribution in [2.75, 3.05) is 0 Å². The molecule has 2 aromatic rings. The number of aliphatic imine (C=N–C) groups is 1. The van der Waals surface area contributed by atoms with Crippen molar-refractivity contribution in [1.82, 2.24) is 15.2 Å². The van der Waals surface area contributed by atoms with Gasteiger partial charge >= 0.3 is 0 Å². The summed E-state index contributed by atoms with van der Waals surface area (Å²) in [5, 5.41) is 11.0. The first-order valence-corrected chi connectivity index (χ1v) is 7.33. The molecular formula is C16H10N4S. The maximum absolute atomic E-state index is 4.57. The zero-order valence-corrected chi connectivity index (χ0v) is 11.8. The van der Waals surface area contributed by atoms with Crippen molar-refractivity contribution in [3.63, 3.8) is 0 Å². The molecular weight excluding hydrogens is 280 g/mol. The van der Waals surface area contributed by atoms with Gasteiger partial charge in [-0.2, -0.15) is 0 Å². The molecule has 2 aromatic carbocycles. The lowest BCUT2D eigenvalue weighted by atomic mass is 10.2. The minimum Gasteiger partial charge on any atom is -0.235 e. The maximum atomic E-state index is 4.57. The molecule has 21 heavy (non-hydrogen) atoms. The van der Waals surface area contributed by atoms with Gasteiger partial charge in [-0.05, 0) is 11.6 Å². The molecule has 2 aliphatic heterocycles. The first kappa shape index (κ1) is 12.1. The predicted octanol–water partition coefficient (Wildman–Crippen LogP) is 3.94. The molecule has 0 aliphatic carbocycles. The third-order valence-electron chi connectivity index (χ3n) is 3.13. The number of benzene rings is 2. The molecule has 5 heteroatoms. The molecule has 0 saturated carbocycles. The van der Waals surface area contributed by atoms with Crippen LogP contribution in [0.2, 0.25) is 0 Å². The van der Waals surface area contributed by atoms with Crippen molar-refractivity contribution in [1.29, 1.82) is 0 Å². The third kappa shape index (κ3) is 2.28. The van der Waals surface area contributed by atoms with Crippen LogP contribution in [-0.2, 0) is 0 Å². The number of para-hydroxylation sites is 1. The molecule has 0 aromatic heterocycles. The Hall–Kier alpha value is -2.66. The van der Waals surface area contributed by atoms with Crippen molar-refractivity contribution in [3.8, 4) is 10.7 Å². The summed E-state index contributed by atoms with van der Waals surface area (Å²) in [7, 11) is 0. The number of rotatable bonds is 2. The van der Waals surface area contributed by atoms with Gasteiger partial charge in [-0.1, -0.05) is 59.9 Å². The van der Waals surface area contributed by atoms with Crippen LogP contribution in [-0.4, -0.2) is 21.4 Å². The largest absolute Gasteiger partial charge is 0.235 e. The van der Waals surface area contributed by atoms with Crippen LogP contribution in [0.5, 0.6) is 0 Å². The van der Waals surface area contributed by atoms with E-state index in [2.05, 4.69) is 20.2 Å². The first-order valence-electron chi connectivity index (χ1n) is 6.51. The Morgan fingerprint density at radius 2 is 1.71 bits per heavy atom. The average molecular weight is 290 g/mol. The predicted molar refractivity (Wildman–Crippen MR) is 85.5 cm³/mol. The van der Waals surface area contributed by atoms with Crippen LogP contribution in [0.25, 0.3) is 21.6 Å². The van der Waals surface area contributed by atoms with Gasteiger partial charge in [0, 0.05) is 11.6 Å². The minimum atomic E-state index is 0.606. The van der Waals surface area contributed by atoms with Gasteiger partial charge in [-0.3, -0.25) is 0 Å². The van der Waals surface area contributed by atoms with E-state index in [9.17, 15) is 0 Å². The van der Waals surface area contributed by atoms with Gasteiger partial charge in [0.2, 0.25) is 5.13 Å². The molecule has 0 radical (unpaired) electrons. The van der Waals surface area contributed by atoms with E-state index in [-0.39, 0.29) is 0 Å². The second-order valence-electron chi connectivity index (χ2n) is 4.54. The lowest BCUT2D eigenvalue weighted by molar-refractivity contribution is 1.06. The molecule has 2 heterocycles. The second kappa shape index (κ2) is 5.03. The Morgan fingerprint density at radius 1 is 0.905 bits per heavy atom. The second-order valence-corrected chi connectivity index (χ2v) is 5.49. The average Bonchev–Trinajstić information content (AvgIpc) is 2.91. The summed E-state index contributed by atoms with van der Waals surface area (Å²) in [6.07, 6.45) is 1.79. The summed E-state index contributed by atoms with van der Waals surface area (Å²) in [6.45, 7) is 0. The number of fused-ring (bicyclic) bond motifs is 3. The zero-order chi connectivity index (χ0) is 14.1. The van der Waals surface area contributed by atoms with Gasteiger partial charge in [-0.15, -0.1) is 10.2 Å². The van der Waals surface area contributed by atoms with Crippen LogP contribution in [0.15, 0.2) is 59.6 Å². The van der Waals surface area contributed by atoms with E-state index in [1.165, 1.54) is 11.3 Å². The van der Waals surface area contributed by atoms with Crippen molar-refractivity contribution in [3.05, 3.63) is 60.2 Å². The fraction of sp³-hybridized carbons (Fsp3) is 0. The van der Waals surface area contributed by atoms with E-state index in [0.717, 1.165) is 27.2 Å². The van der Waals surface area contributed by atoms with Crippen LogP contribution in [0.1, 0.15) is 5.56 Å². The molecule has 100 valence electrons. The summed E-state index contributed by atoms with van der Waals surface area (Å²) < 4.78 is 0. The van der Waals surface area contributed by atoms with Gasteiger partial charge in [0.25, 0.3) is 0 Å². The molecule has 0 atom stereocenters. The van der Waals surface area contributed by atoms with E-state index in [4.69, 9.17) is 0 Å². The van der Waals surface area contributed by atoms with E-state index in [0.29, 0.717) is 5.13 Å². The smallest absolute Gasteiger partial charge is 0.231 e. The summed E-state index contributed by atoms with van der Waals surface area (Å²) in [5.41, 5.74) is 2.82. The zero-order valence-electron chi connectivity index (χ0n) is 11.0. The maximum Gasteiger partial charge on any atom is 0.231 e. The molecule has 2 aliphatic rings. The van der Waals surface area contributed by atoms with Crippen LogP contribution in [0.3, 0.4) is 0 Å². The van der Waals surface area contributed by atoms with Crippen LogP contribution < -0.4 is 0 Å². The van der Waals surface area contributed by atoms with Crippen molar-refractivity contribution < 1.29 is 0 Å². The number of hydrogen-bond donors (Lipinski definition) is 0. The fourth-order valence-corrected chi connectivity index (χ4v) is 2.89. The van der Waals surface area contributed by atoms with E-state index in [1.807, 2.05) is 54.6 Å². The normalized spacial score (nSPS) is 11.6. The Bertz CT molecular complexity index is 899. The van der Waals surface area contributed by atoms with E-state index in [1.54, 1.807) is 6.21 Å². The highest BCUT2D eigenvalue weighted by molar-refractivity contribution is 7.18. The summed E-state index contributed by atoms with van der Waals surface area (Å²) >= 11 is 1.45. The van der Waals surface area contributed by atoms with E-state index < -0.39 is 0 Å². The standard InChI is InChI=1S/C16H10N4S/c1-2-6-11(7-3-1)10-17-16-20-19-14-12-8-4-5-9-13(12)18-15(14)21-16/h1-10H/b17-10+. The molecule has 0 saturated heterocycles. The van der Waals surface area contributed by atoms with Crippen LogP contribution in [0.4, 0.5) is 5.13 Å². The third-order valence-corrected chi connectivity index (χ3v) is 3.98. The molecule has 0 bridgehead atoms. The molecule has 0 amide bonds. The first-order chi connectivity index (χ1) is 10.4. The van der Waals surface area contributed by atoms with Gasteiger partial charge < -0.3 is 0 Å². The van der Waals surface area contributed by atoms with Crippen molar-refractivity contribution >= 4 is 33.6 Å². The van der Waals surface area contributed by atoms with Crippen LogP contribution in [0, 0.1) is 0 Å². The highest BCUT2D eigenvalue weighted by Gasteiger charge is 2.15. The fourth-order valence-electron chi connectivity index (χ4n) is 2.14. The Labute approximate surface area is 125 Å². The molecule has 4 rings (SSSR count). The Kier molecular flexibility index (Phi) is 2.90. The number of hydrogen-bond acceptors (Lipinski definition) is 5. The topological polar surface area (TPSA) is 51.0 Å². The van der Waals surface area contributed by atoms with Crippen molar-refractivity contribution in [2.45, 2.75) is 0 Å². The molecule has 0 spiro atoms. The highest BCUT2D eigenvalue weighted by atomic mass is 32.1. The molecule has 0 N–H and O–H groups in total. The quantitative estimate of drug-likeness (QED) is 0.525. The Morgan fingerprint density at radius 3 is 2.62 bits per heavy atom. The number of nitrogens with zero attached hydrogens (tertiary/aromatic N) is 4. The minimum absolute atomic E-state index is 0.606. The van der Waals surface area contributed by atoms with Crippen molar-refractivity contribution in [2.24, 2.45) is 4.99 Å². The summed E-state index contributed by atoms with van der Waals surface area (Å²) in [5.74, 6) is 0. The monoisotopic (exact) mass is 290 g/mol. The van der Waals surface area contributed by atoms with Gasteiger partial charge in [0.15, 0.2) is 0 Å². The number of aromatic nitrogens is 3. The van der Waals surface area contributed by atoms with Crippen LogP contribution >= 0.6 is 11.3 Å². The van der Waals surface area contributed by atoms with Gasteiger partial charge in [0.05, 0.1) is 5.52 Å². The lowest BCUT2D eigenvalue weighted by Crippen LogP contribution is -1.85. The lowest BCUT2D eigenvalue weighted by Gasteiger charge is -1.96. The van der Waals surface area contributed by atoms with Gasteiger partial charge in [0.1, 0.15) is 10.7 Å². The summed E-state index contributed by atoms with van der Waals surface area (Å²) in [4.78, 5) is 8.95. The SMILES string of the molecule is C(=N\c1nnc2c3ccccc3nc-2s1)/c1ccccc1. The molecule has 0 fully saturated rings. The Balaban J connectivity index is 1.76. The van der Waals surface area contributed by atoms with E-state index >= 15 is 0 Å². The molecule has 0 unspecified atom stereocenters. The van der Waals surface area contributed by atoms with Gasteiger partial charge in [-0.25, -0.2) is 9.98 Å². The summed E-state index contributed by atoms with van der Waals surface area (Å²) in [6, 6.07) is 17.9. The highest BCUT2D eigenvalue weighted by Crippen LogP contribution is 2.34. The molecule has 4 nitrogen and oxygen atoms in total.